The number of tetrazole rings is 1. The maximum absolute atomic E-state index is 13.7. The zero-order valence-corrected chi connectivity index (χ0v) is 40.3. The Morgan fingerprint density at radius 3 is 2.33 bits per heavy atom. The van der Waals surface area contributed by atoms with Crippen LogP contribution in [0.3, 0.4) is 0 Å². The number of aromatic amines is 1. The van der Waals surface area contributed by atoms with Crippen molar-refractivity contribution in [1.29, 1.82) is 0 Å². The van der Waals surface area contributed by atoms with Crippen molar-refractivity contribution in [1.82, 2.24) is 55.4 Å². The Bertz CT molecular complexity index is 2920. The van der Waals surface area contributed by atoms with Crippen LogP contribution >= 0.6 is 0 Å². The lowest BCUT2D eigenvalue weighted by Crippen LogP contribution is -2.58. The second kappa shape index (κ2) is 18.5. The summed E-state index contributed by atoms with van der Waals surface area (Å²) in [7, 11) is 1.87. The molecule has 3 aromatic heterocycles. The Kier molecular flexibility index (Phi) is 12.0. The molecule has 2 N–H and O–H groups in total. The van der Waals surface area contributed by atoms with Gasteiger partial charge in [0.1, 0.15) is 17.6 Å². The first-order chi connectivity index (χ1) is 33.9. The summed E-state index contributed by atoms with van der Waals surface area (Å²) in [5.74, 6) is 0.961. The van der Waals surface area contributed by atoms with Gasteiger partial charge in [-0.15, -0.1) is 0 Å². The van der Waals surface area contributed by atoms with Crippen LogP contribution in [0.15, 0.2) is 66.0 Å². The number of benzene rings is 2. The largest absolute Gasteiger partial charge is 0.371 e. The number of Topliss-reactive ketones (excluding diaryl/α,β-unsaturated/α-hetero) is 1. The molecule has 2 aromatic carbocycles. The summed E-state index contributed by atoms with van der Waals surface area (Å²) in [5.41, 5.74) is 6.78. The third kappa shape index (κ3) is 8.52. The average Bonchev–Trinajstić information content (AvgIpc) is 4.08. The van der Waals surface area contributed by atoms with Crippen LogP contribution in [0.2, 0.25) is 0 Å². The van der Waals surface area contributed by atoms with Crippen LogP contribution in [0.1, 0.15) is 85.6 Å². The highest BCUT2D eigenvalue weighted by atomic mass is 16.2. The monoisotopic (exact) mass is 948 g/mol. The fourth-order valence-corrected chi connectivity index (χ4v) is 11.8. The number of piperidine rings is 3. The van der Waals surface area contributed by atoms with Crippen molar-refractivity contribution in [2.45, 2.75) is 90.4 Å². The lowest BCUT2D eigenvalue weighted by molar-refractivity contribution is -0.136. The molecule has 4 amide bonds. The van der Waals surface area contributed by atoms with Crippen molar-refractivity contribution >= 4 is 57.8 Å². The molecule has 11 rings (SSSR count). The van der Waals surface area contributed by atoms with Gasteiger partial charge in [0, 0.05) is 105 Å². The van der Waals surface area contributed by atoms with E-state index in [1.165, 1.54) is 12.8 Å². The number of imide groups is 2. The SMILES string of the molecule is CC1=C(C(=O)Cc2ccc3[nH]nc(-c4ccnc(N5C[C@@H](C)N(CC6CCN(CC7CCN(c8ccc9c(c8)C(=O)N(C8CCC(=O)NC8=O)C9=O)CC7)CC6)[C@@H](C)C5)c4)c3c2)Cn2nnnc2N1C. The predicted octanol–water partition coefficient (Wildman–Crippen LogP) is 4.08. The standard InChI is InChI=1S/C51H60N14O5/c1-30-25-62(45-23-36(11-16-52-45)47-40-21-35(5-8-42(40)54-55-47)22-44(66)41-29-64-51(56-57-58-64)59(4)32(41)3)26-31(2)63(30)28-34-12-17-60(18-13-34)27-33-14-19-61(20-15-33)37-6-7-38-39(24-37)50(70)65(49(38)69)43-9-10-46(67)53-48(43)68/h5-8,11,16,21,23-24,30-31,33-34,43H,9-10,12-15,17-20,22,25-29H2,1-4H3,(H,54,55)(H,53,67,68)/t30-,31+,43?. The van der Waals surface area contributed by atoms with Crippen molar-refractivity contribution in [3.05, 3.63) is 82.7 Å². The van der Waals surface area contributed by atoms with Crippen molar-refractivity contribution in [3.8, 4) is 11.3 Å². The highest BCUT2D eigenvalue weighted by Gasteiger charge is 2.45. The number of ketones is 1. The molecule has 0 bridgehead atoms. The van der Waals surface area contributed by atoms with Crippen molar-refractivity contribution in [2.24, 2.45) is 11.8 Å². The number of hydrogen-bond donors (Lipinski definition) is 2. The predicted molar refractivity (Wildman–Crippen MR) is 262 cm³/mol. The number of allylic oxidation sites excluding steroid dienone is 2. The Labute approximate surface area is 406 Å². The molecule has 19 nitrogen and oxygen atoms in total. The quantitative estimate of drug-likeness (QED) is 0.179. The van der Waals surface area contributed by atoms with E-state index >= 15 is 0 Å². The van der Waals surface area contributed by atoms with Crippen LogP contribution in [0.25, 0.3) is 22.2 Å². The van der Waals surface area contributed by atoms with E-state index in [9.17, 15) is 24.0 Å². The molecular formula is C51H60N14O5. The Balaban J connectivity index is 0.652. The molecule has 19 heteroatoms. The number of carbonyl (C=O) groups is 5. The van der Waals surface area contributed by atoms with E-state index in [0.29, 0.717) is 53.1 Å². The third-order valence-corrected chi connectivity index (χ3v) is 15.9. The maximum Gasteiger partial charge on any atom is 0.262 e. The number of fused-ring (bicyclic) bond motifs is 3. The molecule has 4 saturated heterocycles. The van der Waals surface area contributed by atoms with Crippen LogP contribution in [-0.2, 0) is 27.3 Å². The van der Waals surface area contributed by atoms with E-state index in [4.69, 9.17) is 10.1 Å². The number of piperazine rings is 1. The molecule has 0 radical (unpaired) electrons. The minimum atomic E-state index is -0.964. The number of aromatic nitrogens is 7. The topological polar surface area (TPSA) is 202 Å². The first-order valence-corrected chi connectivity index (χ1v) is 24.9. The smallest absolute Gasteiger partial charge is 0.262 e. The summed E-state index contributed by atoms with van der Waals surface area (Å²) < 4.78 is 1.65. The van der Waals surface area contributed by atoms with Gasteiger partial charge >= 0.3 is 0 Å². The molecule has 0 saturated carbocycles. The van der Waals surface area contributed by atoms with Crippen LogP contribution in [0, 0.1) is 11.8 Å². The van der Waals surface area contributed by atoms with E-state index in [1.54, 1.807) is 16.8 Å². The summed E-state index contributed by atoms with van der Waals surface area (Å²) in [6.45, 7) is 15.0. The summed E-state index contributed by atoms with van der Waals surface area (Å²) in [6, 6.07) is 15.4. The molecule has 4 fully saturated rings. The van der Waals surface area contributed by atoms with Gasteiger partial charge in [-0.1, -0.05) is 11.2 Å². The highest BCUT2D eigenvalue weighted by molar-refractivity contribution is 6.23. The lowest BCUT2D eigenvalue weighted by Gasteiger charge is -2.47. The first-order valence-electron chi connectivity index (χ1n) is 24.9. The van der Waals surface area contributed by atoms with Crippen LogP contribution < -0.4 is 20.0 Å². The van der Waals surface area contributed by atoms with E-state index in [2.05, 4.69) is 71.5 Å². The van der Waals surface area contributed by atoms with Gasteiger partial charge in [0.2, 0.25) is 17.8 Å². The average molecular weight is 949 g/mol. The van der Waals surface area contributed by atoms with E-state index < -0.39 is 23.8 Å². The first kappa shape index (κ1) is 45.6. The molecule has 9 heterocycles. The normalized spacial score (nSPS) is 23.2. The molecule has 6 aliphatic rings. The number of carbonyl (C=O) groups excluding carboxylic acids is 5. The number of H-pyrrole nitrogens is 1. The number of hydrogen-bond acceptors (Lipinski definition) is 15. The third-order valence-electron chi connectivity index (χ3n) is 15.9. The summed E-state index contributed by atoms with van der Waals surface area (Å²) >= 11 is 0. The number of rotatable bonds is 11. The highest BCUT2D eigenvalue weighted by Crippen LogP contribution is 2.35. The fourth-order valence-electron chi connectivity index (χ4n) is 11.8. The molecule has 3 atom stereocenters. The van der Waals surface area contributed by atoms with Gasteiger partial charge in [0.05, 0.1) is 23.2 Å². The number of pyridine rings is 1. The molecule has 6 aliphatic heterocycles. The van der Waals surface area contributed by atoms with Gasteiger partial charge in [-0.05, 0) is 136 Å². The minimum absolute atomic E-state index is 0.0415. The molecule has 5 aromatic rings. The Hall–Kier alpha value is -6.86. The zero-order chi connectivity index (χ0) is 48.4. The zero-order valence-electron chi connectivity index (χ0n) is 40.3. The van der Waals surface area contributed by atoms with Crippen molar-refractivity contribution in [3.63, 3.8) is 0 Å². The number of nitrogens with zero attached hydrogens (tertiary/aromatic N) is 12. The Morgan fingerprint density at radius 1 is 0.814 bits per heavy atom. The molecule has 1 unspecified atom stereocenters. The second-order valence-corrected chi connectivity index (χ2v) is 20.4. The van der Waals surface area contributed by atoms with Gasteiger partial charge in [-0.25, -0.2) is 9.67 Å². The summed E-state index contributed by atoms with van der Waals surface area (Å²) in [4.78, 5) is 82.3. The fraction of sp³-hybridized carbons (Fsp3) is 0.490. The van der Waals surface area contributed by atoms with Gasteiger partial charge in [-0.2, -0.15) is 5.10 Å². The number of nitrogens with one attached hydrogen (secondary N) is 2. The summed E-state index contributed by atoms with van der Waals surface area (Å²) in [6.07, 6.45) is 6.90. The maximum atomic E-state index is 13.7. The van der Waals surface area contributed by atoms with Crippen LogP contribution in [0.5, 0.6) is 0 Å². The van der Waals surface area contributed by atoms with Crippen LogP contribution in [-0.4, -0.2) is 157 Å². The lowest BCUT2D eigenvalue weighted by atomic mass is 9.91. The van der Waals surface area contributed by atoms with E-state index in [1.807, 2.05) is 49.3 Å². The van der Waals surface area contributed by atoms with Gasteiger partial charge in [-0.3, -0.25) is 44.2 Å². The van der Waals surface area contributed by atoms with Crippen molar-refractivity contribution < 1.29 is 24.0 Å². The molecule has 0 spiro atoms. The summed E-state index contributed by atoms with van der Waals surface area (Å²) in [5, 5.41) is 23.1. The number of likely N-dealkylation sites (tertiary alicyclic amines) is 1. The second-order valence-electron chi connectivity index (χ2n) is 20.4. The minimum Gasteiger partial charge on any atom is -0.371 e. The molecule has 0 aliphatic carbocycles. The molecular weight excluding hydrogens is 889 g/mol. The van der Waals surface area contributed by atoms with Gasteiger partial charge in [0.15, 0.2) is 5.78 Å². The van der Waals surface area contributed by atoms with Gasteiger partial charge < -0.3 is 19.6 Å². The van der Waals surface area contributed by atoms with Gasteiger partial charge in [0.25, 0.3) is 11.8 Å². The van der Waals surface area contributed by atoms with Crippen molar-refractivity contribution in [2.75, 3.05) is 74.1 Å². The van der Waals surface area contributed by atoms with E-state index in [0.717, 1.165) is 115 Å². The number of anilines is 3. The Morgan fingerprint density at radius 2 is 1.56 bits per heavy atom. The number of amides is 4. The van der Waals surface area contributed by atoms with E-state index in [-0.39, 0.29) is 31.0 Å². The molecule has 70 heavy (non-hydrogen) atoms. The molecule has 364 valence electrons. The van der Waals surface area contributed by atoms with Crippen LogP contribution in [0.4, 0.5) is 17.5 Å².